The molecule has 0 aliphatic carbocycles. The standard InChI is InChI=1S/C14H17N3O2S/c1-4-19-12-7-5-11(6-8-12)16-13(18)17-14-15-9(2)10(3)20-14/h5-8H,4H2,1-3H3,(H2,15,16,17,18). The Kier molecular flexibility index (Phi) is 4.57. The molecule has 2 amide bonds. The number of urea groups is 1. The highest BCUT2D eigenvalue weighted by atomic mass is 32.1. The fourth-order valence-electron chi connectivity index (χ4n) is 1.59. The molecule has 0 fully saturated rings. The number of ether oxygens (including phenoxy) is 1. The Morgan fingerprint density at radius 2 is 1.95 bits per heavy atom. The van der Waals surface area contributed by atoms with Gasteiger partial charge in [0.15, 0.2) is 5.13 Å². The van der Waals surface area contributed by atoms with Crippen molar-refractivity contribution in [2.24, 2.45) is 0 Å². The fourth-order valence-corrected chi connectivity index (χ4v) is 2.40. The van der Waals surface area contributed by atoms with Gasteiger partial charge in [-0.1, -0.05) is 0 Å². The van der Waals surface area contributed by atoms with Gasteiger partial charge in [0.1, 0.15) is 5.75 Å². The molecule has 6 heteroatoms. The maximum Gasteiger partial charge on any atom is 0.325 e. The summed E-state index contributed by atoms with van der Waals surface area (Å²) >= 11 is 1.46. The maximum atomic E-state index is 11.8. The molecule has 0 aliphatic rings. The number of nitrogens with one attached hydrogen (secondary N) is 2. The van der Waals surface area contributed by atoms with Gasteiger partial charge < -0.3 is 10.1 Å². The van der Waals surface area contributed by atoms with Crippen LogP contribution in [0, 0.1) is 13.8 Å². The highest BCUT2D eigenvalue weighted by molar-refractivity contribution is 7.15. The molecular formula is C14H17N3O2S. The number of amides is 2. The number of anilines is 2. The summed E-state index contributed by atoms with van der Waals surface area (Å²) in [6.45, 7) is 6.44. The molecule has 1 aromatic heterocycles. The molecule has 0 aliphatic heterocycles. The summed E-state index contributed by atoms with van der Waals surface area (Å²) in [5, 5.41) is 6.07. The van der Waals surface area contributed by atoms with Crippen molar-refractivity contribution in [3.63, 3.8) is 0 Å². The molecule has 5 nitrogen and oxygen atoms in total. The zero-order valence-electron chi connectivity index (χ0n) is 11.7. The van der Waals surface area contributed by atoms with Crippen LogP contribution in [0.2, 0.25) is 0 Å². The monoisotopic (exact) mass is 291 g/mol. The molecule has 1 aromatic carbocycles. The highest BCUT2D eigenvalue weighted by Gasteiger charge is 2.07. The average molecular weight is 291 g/mol. The van der Waals surface area contributed by atoms with E-state index in [0.717, 1.165) is 16.3 Å². The quantitative estimate of drug-likeness (QED) is 0.900. The van der Waals surface area contributed by atoms with Gasteiger partial charge in [-0.05, 0) is 45.0 Å². The Balaban J connectivity index is 1.93. The molecular weight excluding hydrogens is 274 g/mol. The predicted molar refractivity (Wildman–Crippen MR) is 81.8 cm³/mol. The van der Waals surface area contributed by atoms with Crippen molar-refractivity contribution in [2.45, 2.75) is 20.8 Å². The van der Waals surface area contributed by atoms with Gasteiger partial charge in [-0.3, -0.25) is 5.32 Å². The molecule has 0 atom stereocenters. The Bertz CT molecular complexity index is 573. The lowest BCUT2D eigenvalue weighted by molar-refractivity contribution is 0.262. The molecule has 2 N–H and O–H groups in total. The molecule has 106 valence electrons. The van der Waals surface area contributed by atoms with Crippen LogP contribution in [-0.4, -0.2) is 17.6 Å². The number of carbonyl (C=O) groups excluding carboxylic acids is 1. The summed E-state index contributed by atoms with van der Waals surface area (Å²) < 4.78 is 5.34. The van der Waals surface area contributed by atoms with Crippen LogP contribution in [0.15, 0.2) is 24.3 Å². The lowest BCUT2D eigenvalue weighted by Gasteiger charge is -2.07. The summed E-state index contributed by atoms with van der Waals surface area (Å²) in [6, 6.07) is 6.92. The zero-order chi connectivity index (χ0) is 14.5. The summed E-state index contributed by atoms with van der Waals surface area (Å²) in [5.74, 6) is 0.782. The van der Waals surface area contributed by atoms with E-state index in [4.69, 9.17) is 4.74 Å². The fraction of sp³-hybridized carbons (Fsp3) is 0.286. The molecule has 0 radical (unpaired) electrons. The van der Waals surface area contributed by atoms with Gasteiger partial charge in [-0.2, -0.15) is 0 Å². The molecule has 2 aromatic rings. The lowest BCUT2D eigenvalue weighted by Crippen LogP contribution is -2.19. The Labute approximate surface area is 122 Å². The minimum atomic E-state index is -0.303. The highest BCUT2D eigenvalue weighted by Crippen LogP contribution is 2.21. The minimum absolute atomic E-state index is 0.303. The summed E-state index contributed by atoms with van der Waals surface area (Å²) in [5.41, 5.74) is 1.64. The van der Waals surface area contributed by atoms with Gasteiger partial charge >= 0.3 is 6.03 Å². The number of aromatic nitrogens is 1. The van der Waals surface area contributed by atoms with E-state index in [1.54, 1.807) is 12.1 Å². The molecule has 2 rings (SSSR count). The number of benzene rings is 1. The van der Waals surface area contributed by atoms with Crippen molar-refractivity contribution in [1.82, 2.24) is 4.98 Å². The first kappa shape index (κ1) is 14.3. The Hall–Kier alpha value is -2.08. The van der Waals surface area contributed by atoms with Crippen LogP contribution in [0.5, 0.6) is 5.75 Å². The third-order valence-electron chi connectivity index (χ3n) is 2.67. The number of hydrogen-bond donors (Lipinski definition) is 2. The number of aryl methyl sites for hydroxylation is 2. The summed E-state index contributed by atoms with van der Waals surface area (Å²) in [6.07, 6.45) is 0. The van der Waals surface area contributed by atoms with Crippen LogP contribution < -0.4 is 15.4 Å². The molecule has 0 saturated heterocycles. The van der Waals surface area contributed by atoms with E-state index >= 15 is 0 Å². The Morgan fingerprint density at radius 1 is 1.25 bits per heavy atom. The molecule has 1 heterocycles. The normalized spacial score (nSPS) is 10.2. The summed E-state index contributed by atoms with van der Waals surface area (Å²) in [7, 11) is 0. The Morgan fingerprint density at radius 3 is 2.50 bits per heavy atom. The third kappa shape index (κ3) is 3.71. The topological polar surface area (TPSA) is 63.2 Å². The van der Waals surface area contributed by atoms with E-state index in [1.807, 2.05) is 32.9 Å². The van der Waals surface area contributed by atoms with Gasteiger partial charge in [0, 0.05) is 10.6 Å². The second-order valence-electron chi connectivity index (χ2n) is 4.20. The lowest BCUT2D eigenvalue weighted by atomic mass is 10.3. The largest absolute Gasteiger partial charge is 0.494 e. The van der Waals surface area contributed by atoms with E-state index in [9.17, 15) is 4.79 Å². The third-order valence-corrected chi connectivity index (χ3v) is 3.66. The van der Waals surface area contributed by atoms with Gasteiger partial charge in [-0.15, -0.1) is 11.3 Å². The SMILES string of the molecule is CCOc1ccc(NC(=O)Nc2nc(C)c(C)s2)cc1. The van der Waals surface area contributed by atoms with Crippen LogP contribution in [-0.2, 0) is 0 Å². The van der Waals surface area contributed by atoms with Crippen LogP contribution in [0.3, 0.4) is 0 Å². The van der Waals surface area contributed by atoms with E-state index < -0.39 is 0 Å². The first-order valence-electron chi connectivity index (χ1n) is 6.33. The van der Waals surface area contributed by atoms with Crippen LogP contribution in [0.4, 0.5) is 15.6 Å². The number of thiazole rings is 1. The van der Waals surface area contributed by atoms with Crippen LogP contribution in [0.1, 0.15) is 17.5 Å². The molecule has 0 bridgehead atoms. The molecule has 0 saturated carbocycles. The van der Waals surface area contributed by atoms with Gasteiger partial charge in [0.2, 0.25) is 0 Å². The van der Waals surface area contributed by atoms with Gasteiger partial charge in [0.25, 0.3) is 0 Å². The van der Waals surface area contributed by atoms with E-state index in [1.165, 1.54) is 11.3 Å². The van der Waals surface area contributed by atoms with Gasteiger partial charge in [-0.25, -0.2) is 9.78 Å². The van der Waals surface area contributed by atoms with Crippen molar-refractivity contribution in [2.75, 3.05) is 17.2 Å². The summed E-state index contributed by atoms with van der Waals surface area (Å²) in [4.78, 5) is 17.2. The van der Waals surface area contributed by atoms with E-state index in [-0.39, 0.29) is 6.03 Å². The first-order valence-corrected chi connectivity index (χ1v) is 7.15. The average Bonchev–Trinajstić information content (AvgIpc) is 2.71. The van der Waals surface area contributed by atoms with Crippen molar-refractivity contribution in [3.05, 3.63) is 34.8 Å². The maximum absolute atomic E-state index is 11.8. The molecule has 0 spiro atoms. The molecule has 0 unspecified atom stereocenters. The van der Waals surface area contributed by atoms with E-state index in [0.29, 0.717) is 17.4 Å². The number of hydrogen-bond acceptors (Lipinski definition) is 4. The van der Waals surface area contributed by atoms with Crippen LogP contribution >= 0.6 is 11.3 Å². The first-order chi connectivity index (χ1) is 9.58. The number of carbonyl (C=O) groups is 1. The van der Waals surface area contributed by atoms with Crippen molar-refractivity contribution < 1.29 is 9.53 Å². The van der Waals surface area contributed by atoms with Gasteiger partial charge in [0.05, 0.1) is 12.3 Å². The molecule has 20 heavy (non-hydrogen) atoms. The number of nitrogens with zero attached hydrogens (tertiary/aromatic N) is 1. The number of rotatable bonds is 4. The van der Waals surface area contributed by atoms with E-state index in [2.05, 4.69) is 15.6 Å². The predicted octanol–water partition coefficient (Wildman–Crippen LogP) is 3.80. The zero-order valence-corrected chi connectivity index (χ0v) is 12.5. The van der Waals surface area contributed by atoms with Crippen molar-refractivity contribution in [3.8, 4) is 5.75 Å². The van der Waals surface area contributed by atoms with Crippen LogP contribution in [0.25, 0.3) is 0 Å². The van der Waals surface area contributed by atoms with Crippen molar-refractivity contribution >= 4 is 28.2 Å². The minimum Gasteiger partial charge on any atom is -0.494 e. The van der Waals surface area contributed by atoms with Crippen molar-refractivity contribution in [1.29, 1.82) is 0 Å². The second-order valence-corrected chi connectivity index (χ2v) is 5.40. The second kappa shape index (κ2) is 6.38. The smallest absolute Gasteiger partial charge is 0.325 e.